The molecule has 2 atom stereocenters. The van der Waals surface area contributed by atoms with E-state index in [1.807, 2.05) is 29.2 Å². The van der Waals surface area contributed by atoms with Gasteiger partial charge in [-0.3, -0.25) is 4.79 Å². The van der Waals surface area contributed by atoms with E-state index in [0.717, 1.165) is 30.5 Å². The van der Waals surface area contributed by atoms with Gasteiger partial charge in [-0.15, -0.1) is 0 Å². The summed E-state index contributed by atoms with van der Waals surface area (Å²) in [4.78, 5) is 14.3. The molecular weight excluding hydrogens is 226 g/mol. The van der Waals surface area contributed by atoms with E-state index in [4.69, 9.17) is 0 Å². The van der Waals surface area contributed by atoms with Gasteiger partial charge in [0.15, 0.2) is 0 Å². The van der Waals surface area contributed by atoms with Crippen LogP contribution in [-0.4, -0.2) is 35.1 Å². The van der Waals surface area contributed by atoms with E-state index in [1.165, 1.54) is 0 Å². The van der Waals surface area contributed by atoms with Crippen LogP contribution < -0.4 is 0 Å². The Morgan fingerprint density at radius 1 is 1.50 bits per heavy atom. The number of likely N-dealkylation sites (tertiary alicyclic amines) is 1. The largest absolute Gasteiger partial charge is 0.393 e. The third kappa shape index (κ3) is 2.56. The number of carbonyl (C=O) groups excluding carboxylic acids is 1. The number of aliphatic hydroxyl groups excluding tert-OH is 1. The lowest BCUT2D eigenvalue weighted by molar-refractivity contribution is 0.0761. The first-order chi connectivity index (χ1) is 8.63. The zero-order chi connectivity index (χ0) is 13.1. The molecule has 0 saturated carbocycles. The molecule has 3 heteroatoms. The summed E-state index contributed by atoms with van der Waals surface area (Å²) in [7, 11) is 0. The highest BCUT2D eigenvalue weighted by atomic mass is 16.3. The average Bonchev–Trinajstić information content (AvgIpc) is 2.87. The Balaban J connectivity index is 2.13. The van der Waals surface area contributed by atoms with Crippen molar-refractivity contribution in [2.75, 3.05) is 13.1 Å². The first-order valence-corrected chi connectivity index (χ1v) is 6.68. The van der Waals surface area contributed by atoms with Crippen LogP contribution in [0.5, 0.6) is 0 Å². The van der Waals surface area contributed by atoms with Gasteiger partial charge in [0.25, 0.3) is 5.91 Å². The Morgan fingerprint density at radius 3 is 2.83 bits per heavy atom. The topological polar surface area (TPSA) is 40.5 Å². The molecule has 1 N–H and O–H groups in total. The molecule has 98 valence electrons. The maximum Gasteiger partial charge on any atom is 0.254 e. The normalized spacial score (nSPS) is 21.1. The second-order valence-electron chi connectivity index (χ2n) is 5.05. The molecule has 0 radical (unpaired) electrons. The van der Waals surface area contributed by atoms with Crippen molar-refractivity contribution in [3.63, 3.8) is 0 Å². The molecule has 2 unspecified atom stereocenters. The molecule has 1 saturated heterocycles. The number of amides is 1. The van der Waals surface area contributed by atoms with E-state index in [2.05, 4.69) is 6.92 Å². The molecule has 2 rings (SSSR count). The molecule has 0 aliphatic carbocycles. The fourth-order valence-electron chi connectivity index (χ4n) is 2.57. The Kier molecular flexibility index (Phi) is 4.02. The fourth-order valence-corrected chi connectivity index (χ4v) is 2.57. The van der Waals surface area contributed by atoms with Gasteiger partial charge in [0.05, 0.1) is 6.10 Å². The van der Waals surface area contributed by atoms with Crippen molar-refractivity contribution in [3.05, 3.63) is 35.4 Å². The van der Waals surface area contributed by atoms with E-state index in [0.29, 0.717) is 6.54 Å². The molecule has 0 bridgehead atoms. The lowest BCUT2D eigenvalue weighted by Crippen LogP contribution is -2.31. The molecule has 18 heavy (non-hydrogen) atoms. The third-order valence-corrected chi connectivity index (χ3v) is 3.82. The minimum Gasteiger partial charge on any atom is -0.393 e. The summed E-state index contributed by atoms with van der Waals surface area (Å²) in [5.41, 5.74) is 1.91. The Labute approximate surface area is 108 Å². The molecular formula is C15H21NO2. The van der Waals surface area contributed by atoms with Gasteiger partial charge in [-0.1, -0.05) is 25.1 Å². The van der Waals surface area contributed by atoms with E-state index in [1.54, 1.807) is 6.92 Å². The number of benzene rings is 1. The van der Waals surface area contributed by atoms with Crippen molar-refractivity contribution in [1.29, 1.82) is 0 Å². The Bertz CT molecular complexity index is 428. The molecule has 1 fully saturated rings. The van der Waals surface area contributed by atoms with Gasteiger partial charge < -0.3 is 10.0 Å². The van der Waals surface area contributed by atoms with Gasteiger partial charge in [-0.25, -0.2) is 0 Å². The van der Waals surface area contributed by atoms with Gasteiger partial charge in [-0.2, -0.15) is 0 Å². The molecule has 1 aliphatic rings. The van der Waals surface area contributed by atoms with E-state index < -0.39 is 0 Å². The fraction of sp³-hybridized carbons (Fsp3) is 0.533. The van der Waals surface area contributed by atoms with Gasteiger partial charge in [0, 0.05) is 24.6 Å². The Hall–Kier alpha value is -1.35. The number of aryl methyl sites for hydroxylation is 1. The number of aliphatic hydroxyl groups is 1. The molecule has 0 spiro atoms. The quantitative estimate of drug-likeness (QED) is 0.888. The summed E-state index contributed by atoms with van der Waals surface area (Å²) in [6.07, 6.45) is 1.44. The van der Waals surface area contributed by atoms with Crippen LogP contribution in [0.25, 0.3) is 0 Å². The van der Waals surface area contributed by atoms with Crippen LogP contribution in [0, 0.1) is 5.92 Å². The number of carbonyl (C=O) groups is 1. The molecule has 1 aliphatic heterocycles. The summed E-state index contributed by atoms with van der Waals surface area (Å²) in [6.45, 7) is 5.30. The maximum absolute atomic E-state index is 12.4. The van der Waals surface area contributed by atoms with Gasteiger partial charge >= 0.3 is 0 Å². The lowest BCUT2D eigenvalue weighted by atomic mass is 10.0. The molecule has 1 aromatic rings. The first-order valence-electron chi connectivity index (χ1n) is 6.68. The number of nitrogens with zero attached hydrogens (tertiary/aromatic N) is 1. The van der Waals surface area contributed by atoms with Gasteiger partial charge in [0.1, 0.15) is 0 Å². The highest BCUT2D eigenvalue weighted by molar-refractivity contribution is 5.95. The summed E-state index contributed by atoms with van der Waals surface area (Å²) in [5.74, 6) is 0.332. The van der Waals surface area contributed by atoms with Crippen LogP contribution >= 0.6 is 0 Å². The zero-order valence-corrected chi connectivity index (χ0v) is 11.1. The first kappa shape index (κ1) is 13.1. The predicted molar refractivity (Wildman–Crippen MR) is 71.5 cm³/mol. The van der Waals surface area contributed by atoms with Crippen molar-refractivity contribution in [2.45, 2.75) is 32.8 Å². The molecule has 1 aromatic carbocycles. The highest BCUT2D eigenvalue weighted by Crippen LogP contribution is 2.22. The van der Waals surface area contributed by atoms with Crippen LogP contribution in [-0.2, 0) is 6.42 Å². The monoisotopic (exact) mass is 247 g/mol. The second kappa shape index (κ2) is 5.53. The minimum atomic E-state index is -0.329. The number of hydrogen-bond donors (Lipinski definition) is 1. The lowest BCUT2D eigenvalue weighted by Gasteiger charge is -2.19. The molecule has 0 aromatic heterocycles. The van der Waals surface area contributed by atoms with Gasteiger partial charge in [0.2, 0.25) is 0 Å². The summed E-state index contributed by atoms with van der Waals surface area (Å²) >= 11 is 0. The molecule has 1 amide bonds. The summed E-state index contributed by atoms with van der Waals surface area (Å²) in [5, 5.41) is 9.59. The summed E-state index contributed by atoms with van der Waals surface area (Å²) in [6, 6.07) is 7.79. The molecule has 3 nitrogen and oxygen atoms in total. The molecule has 1 heterocycles. The van der Waals surface area contributed by atoms with Crippen LogP contribution in [0.3, 0.4) is 0 Å². The standard InChI is InChI=1S/C15H21NO2/c1-3-12-6-4-5-7-14(12)15(18)16-9-8-13(10-16)11(2)17/h4-7,11,13,17H,3,8-10H2,1-2H3. The highest BCUT2D eigenvalue weighted by Gasteiger charge is 2.30. The van der Waals surface area contributed by atoms with E-state index in [9.17, 15) is 9.90 Å². The second-order valence-corrected chi connectivity index (χ2v) is 5.05. The maximum atomic E-state index is 12.4. The van der Waals surface area contributed by atoms with Crippen LogP contribution in [0.2, 0.25) is 0 Å². The van der Waals surface area contributed by atoms with Crippen molar-refractivity contribution in [3.8, 4) is 0 Å². The number of rotatable bonds is 3. The van der Waals surface area contributed by atoms with Gasteiger partial charge in [-0.05, 0) is 31.4 Å². The number of hydrogen-bond acceptors (Lipinski definition) is 2. The van der Waals surface area contributed by atoms with Crippen molar-refractivity contribution < 1.29 is 9.90 Å². The van der Waals surface area contributed by atoms with E-state index in [-0.39, 0.29) is 17.9 Å². The van der Waals surface area contributed by atoms with Crippen LogP contribution in [0.15, 0.2) is 24.3 Å². The van der Waals surface area contributed by atoms with Crippen LogP contribution in [0.4, 0.5) is 0 Å². The smallest absolute Gasteiger partial charge is 0.254 e. The average molecular weight is 247 g/mol. The van der Waals surface area contributed by atoms with Crippen LogP contribution in [0.1, 0.15) is 36.2 Å². The Morgan fingerprint density at radius 2 is 2.22 bits per heavy atom. The SMILES string of the molecule is CCc1ccccc1C(=O)N1CCC(C(C)O)C1. The van der Waals surface area contributed by atoms with Crippen molar-refractivity contribution in [1.82, 2.24) is 4.90 Å². The van der Waals surface area contributed by atoms with E-state index >= 15 is 0 Å². The third-order valence-electron chi connectivity index (χ3n) is 3.82. The minimum absolute atomic E-state index is 0.107. The predicted octanol–water partition coefficient (Wildman–Crippen LogP) is 2.09. The zero-order valence-electron chi connectivity index (χ0n) is 11.1. The summed E-state index contributed by atoms with van der Waals surface area (Å²) < 4.78 is 0. The van der Waals surface area contributed by atoms with Crippen molar-refractivity contribution >= 4 is 5.91 Å². The van der Waals surface area contributed by atoms with Crippen molar-refractivity contribution in [2.24, 2.45) is 5.92 Å².